The highest BCUT2D eigenvalue weighted by Crippen LogP contribution is 2.12. The first-order chi connectivity index (χ1) is 7.13. The van der Waals surface area contributed by atoms with Gasteiger partial charge in [0.05, 0.1) is 5.56 Å². The fourth-order valence-corrected chi connectivity index (χ4v) is 0.943. The molecule has 0 radical (unpaired) electrons. The summed E-state index contributed by atoms with van der Waals surface area (Å²) in [5.41, 5.74) is 0.201. The molecule has 0 saturated carbocycles. The van der Waals surface area contributed by atoms with Crippen molar-refractivity contribution in [2.75, 3.05) is 6.61 Å². The second-order valence-corrected chi connectivity index (χ2v) is 2.94. The number of rotatable bonds is 5. The number of hydrogen-bond acceptors (Lipinski definition) is 3. The molecule has 0 aliphatic rings. The van der Waals surface area contributed by atoms with Gasteiger partial charge in [-0.05, 0) is 24.3 Å². The van der Waals surface area contributed by atoms with E-state index in [1.165, 1.54) is 18.2 Å². The van der Waals surface area contributed by atoms with E-state index < -0.39 is 12.1 Å². The van der Waals surface area contributed by atoms with Crippen LogP contribution in [0.25, 0.3) is 0 Å². The van der Waals surface area contributed by atoms with Crippen LogP contribution in [-0.4, -0.2) is 28.9 Å². The lowest BCUT2D eigenvalue weighted by molar-refractivity contribution is 0.0696. The third-order valence-electron chi connectivity index (χ3n) is 1.79. The maximum atomic E-state index is 10.5. The molecule has 2 N–H and O–H groups in total. The van der Waals surface area contributed by atoms with Crippen molar-refractivity contribution in [2.45, 2.75) is 6.10 Å². The maximum Gasteiger partial charge on any atom is 0.335 e. The molecular formula is C11H12O4. The van der Waals surface area contributed by atoms with E-state index in [0.717, 1.165) is 0 Å². The van der Waals surface area contributed by atoms with E-state index in [4.69, 9.17) is 14.9 Å². The minimum absolute atomic E-state index is 0.107. The molecular weight excluding hydrogens is 196 g/mol. The number of aliphatic hydroxyl groups excluding tert-OH is 1. The summed E-state index contributed by atoms with van der Waals surface area (Å²) in [7, 11) is 0. The zero-order chi connectivity index (χ0) is 11.3. The van der Waals surface area contributed by atoms with Gasteiger partial charge in [-0.2, -0.15) is 0 Å². The zero-order valence-corrected chi connectivity index (χ0v) is 8.09. The largest absolute Gasteiger partial charge is 0.491 e. The van der Waals surface area contributed by atoms with E-state index >= 15 is 0 Å². The first-order valence-electron chi connectivity index (χ1n) is 4.40. The minimum atomic E-state index is -0.979. The Bertz CT molecular complexity index is 342. The number of carbonyl (C=O) groups is 1. The van der Waals surface area contributed by atoms with Crippen molar-refractivity contribution in [3.05, 3.63) is 42.5 Å². The molecule has 1 aromatic rings. The first kappa shape index (κ1) is 11.3. The molecule has 0 aliphatic heterocycles. The van der Waals surface area contributed by atoms with Crippen molar-refractivity contribution in [2.24, 2.45) is 0 Å². The van der Waals surface area contributed by atoms with Gasteiger partial charge in [-0.15, -0.1) is 6.58 Å². The molecule has 4 nitrogen and oxygen atoms in total. The summed E-state index contributed by atoms with van der Waals surface area (Å²) < 4.78 is 5.18. The molecule has 0 fully saturated rings. The Hall–Kier alpha value is -1.81. The van der Waals surface area contributed by atoms with Crippen LogP contribution in [0.3, 0.4) is 0 Å². The van der Waals surface area contributed by atoms with Crippen molar-refractivity contribution in [3.63, 3.8) is 0 Å². The number of aliphatic hydroxyl groups is 1. The average molecular weight is 208 g/mol. The van der Waals surface area contributed by atoms with Crippen molar-refractivity contribution >= 4 is 5.97 Å². The molecule has 4 heteroatoms. The van der Waals surface area contributed by atoms with E-state index in [1.807, 2.05) is 0 Å². The van der Waals surface area contributed by atoms with Gasteiger partial charge in [0.1, 0.15) is 18.5 Å². The minimum Gasteiger partial charge on any atom is -0.491 e. The molecule has 1 atom stereocenters. The molecule has 15 heavy (non-hydrogen) atoms. The molecule has 0 aromatic heterocycles. The van der Waals surface area contributed by atoms with E-state index in [0.29, 0.717) is 5.75 Å². The Kier molecular flexibility index (Phi) is 3.88. The summed E-state index contributed by atoms with van der Waals surface area (Å²) in [6.07, 6.45) is 0.648. The topological polar surface area (TPSA) is 66.8 Å². The zero-order valence-electron chi connectivity index (χ0n) is 8.09. The van der Waals surface area contributed by atoms with Gasteiger partial charge in [-0.25, -0.2) is 4.79 Å². The molecule has 0 unspecified atom stereocenters. The molecule has 1 aromatic carbocycles. The highest BCUT2D eigenvalue weighted by atomic mass is 16.5. The lowest BCUT2D eigenvalue weighted by Gasteiger charge is -2.08. The smallest absolute Gasteiger partial charge is 0.335 e. The summed E-state index contributed by atoms with van der Waals surface area (Å²) in [6, 6.07) is 5.97. The Labute approximate surface area is 87.4 Å². The highest BCUT2D eigenvalue weighted by molar-refractivity contribution is 5.87. The van der Waals surface area contributed by atoms with Gasteiger partial charge in [-0.1, -0.05) is 6.08 Å². The molecule has 80 valence electrons. The van der Waals surface area contributed by atoms with Gasteiger partial charge < -0.3 is 14.9 Å². The Morgan fingerprint density at radius 3 is 2.53 bits per heavy atom. The summed E-state index contributed by atoms with van der Waals surface area (Å²) in [5, 5.41) is 17.8. The van der Waals surface area contributed by atoms with Gasteiger partial charge >= 0.3 is 5.97 Å². The van der Waals surface area contributed by atoms with Crippen molar-refractivity contribution in [1.29, 1.82) is 0 Å². The second kappa shape index (κ2) is 5.17. The van der Waals surface area contributed by atoms with Crippen LogP contribution in [0.4, 0.5) is 0 Å². The summed E-state index contributed by atoms with van der Waals surface area (Å²) in [5.74, 6) is -0.464. The van der Waals surface area contributed by atoms with Gasteiger partial charge in [0, 0.05) is 0 Å². The van der Waals surface area contributed by atoms with Gasteiger partial charge in [0.2, 0.25) is 0 Å². The quantitative estimate of drug-likeness (QED) is 0.716. The van der Waals surface area contributed by atoms with Crippen LogP contribution in [0, 0.1) is 0 Å². The van der Waals surface area contributed by atoms with Crippen LogP contribution >= 0.6 is 0 Å². The fraction of sp³-hybridized carbons (Fsp3) is 0.182. The standard InChI is InChI=1S/C11H12O4/c1-2-9(12)7-15-10-5-3-8(4-6-10)11(13)14/h2-6,9,12H,1,7H2,(H,13,14)/t9-/m0/s1. The first-order valence-corrected chi connectivity index (χ1v) is 4.40. The number of aromatic carboxylic acids is 1. The third-order valence-corrected chi connectivity index (χ3v) is 1.79. The van der Waals surface area contributed by atoms with E-state index in [2.05, 4.69) is 6.58 Å². The Balaban J connectivity index is 2.57. The van der Waals surface area contributed by atoms with E-state index in [1.54, 1.807) is 12.1 Å². The molecule has 0 saturated heterocycles. The number of hydrogen-bond donors (Lipinski definition) is 2. The van der Waals surface area contributed by atoms with Gasteiger partial charge in [0.25, 0.3) is 0 Å². The van der Waals surface area contributed by atoms with Crippen LogP contribution in [0.5, 0.6) is 5.75 Å². The molecule has 1 rings (SSSR count). The van der Waals surface area contributed by atoms with Crippen molar-refractivity contribution < 1.29 is 19.7 Å². The van der Waals surface area contributed by atoms with E-state index in [9.17, 15) is 4.79 Å². The predicted molar refractivity (Wildman–Crippen MR) is 55.1 cm³/mol. The number of carboxylic acids is 1. The van der Waals surface area contributed by atoms with Crippen molar-refractivity contribution in [1.82, 2.24) is 0 Å². The predicted octanol–water partition coefficient (Wildman–Crippen LogP) is 1.31. The molecule has 0 amide bonds. The molecule has 0 spiro atoms. The fourth-order valence-electron chi connectivity index (χ4n) is 0.943. The van der Waals surface area contributed by atoms with Crippen LogP contribution in [0.15, 0.2) is 36.9 Å². The summed E-state index contributed by atoms with van der Waals surface area (Å²) in [4.78, 5) is 10.5. The van der Waals surface area contributed by atoms with Gasteiger partial charge in [0.15, 0.2) is 0 Å². The van der Waals surface area contributed by atoms with Gasteiger partial charge in [-0.3, -0.25) is 0 Å². The third kappa shape index (κ3) is 3.44. The Morgan fingerprint density at radius 1 is 1.47 bits per heavy atom. The summed E-state index contributed by atoms with van der Waals surface area (Å²) in [6.45, 7) is 3.51. The normalized spacial score (nSPS) is 11.8. The summed E-state index contributed by atoms with van der Waals surface area (Å²) >= 11 is 0. The van der Waals surface area contributed by atoms with Crippen LogP contribution in [0.2, 0.25) is 0 Å². The molecule has 0 bridgehead atoms. The lowest BCUT2D eigenvalue weighted by Crippen LogP contribution is -2.14. The van der Waals surface area contributed by atoms with Crippen molar-refractivity contribution in [3.8, 4) is 5.75 Å². The monoisotopic (exact) mass is 208 g/mol. The number of ether oxygens (including phenoxy) is 1. The molecule has 0 heterocycles. The van der Waals surface area contributed by atoms with Crippen LogP contribution in [-0.2, 0) is 0 Å². The van der Waals surface area contributed by atoms with Crippen LogP contribution < -0.4 is 4.74 Å². The highest BCUT2D eigenvalue weighted by Gasteiger charge is 2.03. The molecule has 0 aliphatic carbocycles. The second-order valence-electron chi connectivity index (χ2n) is 2.94. The average Bonchev–Trinajstić information content (AvgIpc) is 2.26. The van der Waals surface area contributed by atoms with Crippen LogP contribution in [0.1, 0.15) is 10.4 Å². The maximum absolute atomic E-state index is 10.5. The number of carboxylic acid groups (broad SMARTS) is 1. The SMILES string of the molecule is C=C[C@H](O)COc1ccc(C(=O)O)cc1. The number of benzene rings is 1. The lowest BCUT2D eigenvalue weighted by atomic mass is 10.2. The van der Waals surface area contributed by atoms with E-state index in [-0.39, 0.29) is 12.2 Å². The Morgan fingerprint density at radius 2 is 2.07 bits per heavy atom.